The summed E-state index contributed by atoms with van der Waals surface area (Å²) in [6.07, 6.45) is 2.06. The largest absolute Gasteiger partial charge is 0.325 e. The van der Waals surface area contributed by atoms with Crippen LogP contribution in [0, 0.1) is 0 Å². The van der Waals surface area contributed by atoms with Gasteiger partial charge in [0.1, 0.15) is 11.4 Å². The van der Waals surface area contributed by atoms with Crippen molar-refractivity contribution in [2.24, 2.45) is 0 Å². The summed E-state index contributed by atoms with van der Waals surface area (Å²) in [5.74, 6) is -2.29. The van der Waals surface area contributed by atoms with Crippen LogP contribution in [0.2, 0.25) is 0 Å². The van der Waals surface area contributed by atoms with Crippen molar-refractivity contribution in [2.75, 3.05) is 20.8 Å². The van der Waals surface area contributed by atoms with E-state index in [1.807, 2.05) is 13.0 Å². The van der Waals surface area contributed by atoms with Crippen molar-refractivity contribution < 1.29 is 18.1 Å². The molecule has 0 aliphatic rings. The normalized spacial score (nSPS) is 15.3. The Morgan fingerprint density at radius 1 is 1.06 bits per heavy atom. The number of hydrogen-bond acceptors (Lipinski definition) is 11. The Bertz CT molecular complexity index is 1020. The Hall–Kier alpha value is 0.100. The topological polar surface area (TPSA) is 92.5 Å². The van der Waals surface area contributed by atoms with Crippen LogP contribution in [0.4, 0.5) is 0 Å². The van der Waals surface area contributed by atoms with E-state index in [0.717, 1.165) is 12.8 Å². The second kappa shape index (κ2) is 16.0. The summed E-state index contributed by atoms with van der Waals surface area (Å²) >= 11 is 9.47. The molecule has 0 amide bonds. The summed E-state index contributed by atoms with van der Waals surface area (Å²) in [6, 6.07) is 7.06. The van der Waals surface area contributed by atoms with Crippen LogP contribution in [0.15, 0.2) is 29.1 Å². The second-order valence-electron chi connectivity index (χ2n) is 7.00. The molecular formula is C20H35N3O5P2S4. The molecule has 2 aromatic rings. The van der Waals surface area contributed by atoms with Crippen molar-refractivity contribution in [2.45, 2.75) is 63.8 Å². The number of hydrogen-bond donors (Lipinski definition) is 0. The van der Waals surface area contributed by atoms with Gasteiger partial charge in [0.25, 0.3) is 5.56 Å². The van der Waals surface area contributed by atoms with E-state index >= 15 is 0 Å². The number of benzene rings is 1. The van der Waals surface area contributed by atoms with Crippen molar-refractivity contribution in [3.05, 3.63) is 34.6 Å². The number of nitrogens with zero attached hydrogens (tertiary/aromatic N) is 3. The predicted molar refractivity (Wildman–Crippen MR) is 154 cm³/mol. The van der Waals surface area contributed by atoms with Gasteiger partial charge in [-0.1, -0.05) is 67.8 Å². The lowest BCUT2D eigenvalue weighted by Crippen LogP contribution is -2.23. The van der Waals surface area contributed by atoms with Gasteiger partial charge in [0.2, 0.25) is 5.69 Å². The summed E-state index contributed by atoms with van der Waals surface area (Å²) in [5, 5.41) is 9.19. The first-order chi connectivity index (χ1) is 16.1. The predicted octanol–water partition coefficient (Wildman–Crippen LogP) is 7.19. The minimum atomic E-state index is -2.53. The molecule has 0 saturated carbocycles. The Morgan fingerprint density at radius 3 is 2.12 bits per heavy atom. The van der Waals surface area contributed by atoms with Crippen LogP contribution < -0.4 is 5.56 Å². The molecule has 0 spiro atoms. The third-order valence-corrected chi connectivity index (χ3v) is 18.4. The molecule has 1 aromatic heterocycles. The highest BCUT2D eigenvalue weighted by Crippen LogP contribution is 2.72. The summed E-state index contributed by atoms with van der Waals surface area (Å²) in [4.78, 5) is 12.2. The monoisotopic (exact) mass is 587 g/mol. The van der Waals surface area contributed by atoms with E-state index in [4.69, 9.17) is 25.4 Å². The maximum absolute atomic E-state index is 12.5. The van der Waals surface area contributed by atoms with E-state index in [9.17, 15) is 9.36 Å². The van der Waals surface area contributed by atoms with Crippen molar-refractivity contribution in [3.8, 4) is 0 Å². The molecule has 0 bridgehead atoms. The standard InChI is InChI=1S/C10H12N3O3PS2.C10H23O2PS2/c1-15-17(18,16-2)19-7-13-10(14)8-5-3-4-6-9(8)11-12-13;1-6-9(4)14-13(11,12-8-3)15-10(5)7-2/h3-6H,7H2,1-2H3;9-10H,6-8H2,1-5H3. The van der Waals surface area contributed by atoms with Gasteiger partial charge in [-0.3, -0.25) is 9.36 Å². The van der Waals surface area contributed by atoms with Gasteiger partial charge in [0, 0.05) is 24.7 Å². The molecule has 2 unspecified atom stereocenters. The molecule has 2 rings (SSSR count). The van der Waals surface area contributed by atoms with Gasteiger partial charge < -0.3 is 13.6 Å². The molecule has 0 radical (unpaired) electrons. The number of fused-ring (bicyclic) bond motifs is 1. The van der Waals surface area contributed by atoms with Gasteiger partial charge in [-0.15, -0.1) is 5.10 Å². The van der Waals surface area contributed by atoms with Crippen LogP contribution in [-0.4, -0.2) is 46.3 Å². The van der Waals surface area contributed by atoms with Crippen LogP contribution in [-0.2, 0) is 35.8 Å². The maximum Gasteiger partial charge on any atom is 0.313 e. The molecule has 0 aliphatic carbocycles. The Balaban J connectivity index is 0.000000352. The molecule has 0 aliphatic heterocycles. The molecule has 0 saturated heterocycles. The van der Waals surface area contributed by atoms with Crippen molar-refractivity contribution in [3.63, 3.8) is 0 Å². The van der Waals surface area contributed by atoms with Gasteiger partial charge in [-0.25, -0.2) is 0 Å². The van der Waals surface area contributed by atoms with Crippen molar-refractivity contribution in [1.29, 1.82) is 0 Å². The zero-order chi connectivity index (χ0) is 25.8. The molecule has 1 heterocycles. The van der Waals surface area contributed by atoms with Crippen LogP contribution in [0.1, 0.15) is 47.5 Å². The number of aromatic nitrogens is 3. The van der Waals surface area contributed by atoms with Crippen LogP contribution in [0.25, 0.3) is 10.9 Å². The average molecular weight is 588 g/mol. The van der Waals surface area contributed by atoms with Gasteiger partial charge >= 0.3 is 5.77 Å². The molecule has 34 heavy (non-hydrogen) atoms. The lowest BCUT2D eigenvalue weighted by atomic mass is 10.2. The molecule has 0 fully saturated rings. The zero-order valence-corrected chi connectivity index (χ0v) is 25.8. The van der Waals surface area contributed by atoms with Crippen LogP contribution >= 0.6 is 45.6 Å². The Labute approximate surface area is 219 Å². The van der Waals surface area contributed by atoms with Crippen molar-refractivity contribution in [1.82, 2.24) is 15.0 Å². The SMILES string of the molecule is CCOP(=O)(SC(C)CC)SC(C)CC.COP(=S)(OC)SCn1nnc2ccccc2c1=O. The fourth-order valence-electron chi connectivity index (χ4n) is 2.25. The van der Waals surface area contributed by atoms with Gasteiger partial charge in [-0.2, -0.15) is 4.68 Å². The Kier molecular flexibility index (Phi) is 15.2. The molecule has 8 nitrogen and oxygen atoms in total. The zero-order valence-electron chi connectivity index (χ0n) is 20.7. The molecular weight excluding hydrogens is 552 g/mol. The average Bonchev–Trinajstić information content (AvgIpc) is 2.83. The maximum atomic E-state index is 12.5. The summed E-state index contributed by atoms with van der Waals surface area (Å²) in [6.45, 7) is 10.9. The van der Waals surface area contributed by atoms with E-state index in [2.05, 4.69) is 38.0 Å². The summed E-state index contributed by atoms with van der Waals surface area (Å²) in [5.41, 5.74) is -2.03. The van der Waals surface area contributed by atoms with Gasteiger partial charge in [0.05, 0.1) is 12.0 Å². The first-order valence-corrected chi connectivity index (χ1v) is 19.7. The molecule has 194 valence electrons. The molecule has 1 aromatic carbocycles. The highest BCUT2D eigenvalue weighted by Gasteiger charge is 2.29. The highest BCUT2D eigenvalue weighted by molar-refractivity contribution is 8.89. The molecule has 0 N–H and O–H groups in total. The van der Waals surface area contributed by atoms with E-state index in [0.29, 0.717) is 28.0 Å². The number of rotatable bonds is 13. The van der Waals surface area contributed by atoms with Gasteiger partial charge in [0.15, 0.2) is 0 Å². The minimum Gasteiger partial charge on any atom is -0.325 e. The van der Waals surface area contributed by atoms with Crippen LogP contribution in [0.5, 0.6) is 0 Å². The highest BCUT2D eigenvalue weighted by atomic mass is 33.1. The van der Waals surface area contributed by atoms with Gasteiger partial charge in [-0.05, 0) is 55.1 Å². The smallest absolute Gasteiger partial charge is 0.313 e. The summed E-state index contributed by atoms with van der Waals surface area (Å²) in [7, 11) is 2.98. The third kappa shape index (κ3) is 10.6. The van der Waals surface area contributed by atoms with E-state index in [1.54, 1.807) is 18.2 Å². The Morgan fingerprint density at radius 2 is 1.62 bits per heavy atom. The van der Waals surface area contributed by atoms with E-state index < -0.39 is 11.5 Å². The third-order valence-electron chi connectivity index (χ3n) is 4.47. The molecule has 2 atom stereocenters. The van der Waals surface area contributed by atoms with Crippen LogP contribution in [0.3, 0.4) is 0 Å². The van der Waals surface area contributed by atoms with Crippen molar-refractivity contribution >= 4 is 68.3 Å². The quantitative estimate of drug-likeness (QED) is 0.223. The minimum absolute atomic E-state index is 0.202. The molecule has 14 heteroatoms. The lowest BCUT2D eigenvalue weighted by Gasteiger charge is -2.21. The fourth-order valence-corrected chi connectivity index (χ4v) is 14.3. The van der Waals surface area contributed by atoms with E-state index in [1.165, 1.54) is 53.0 Å². The van der Waals surface area contributed by atoms with E-state index in [-0.39, 0.29) is 11.4 Å². The first-order valence-electron chi connectivity index (χ1n) is 10.9. The summed E-state index contributed by atoms with van der Waals surface area (Å²) < 4.78 is 29.4. The lowest BCUT2D eigenvalue weighted by molar-refractivity contribution is 0.353. The first kappa shape index (κ1) is 32.1. The fraction of sp³-hybridized carbons (Fsp3) is 0.650. The second-order valence-corrected chi connectivity index (χ2v) is 21.5.